The molecule has 1 atom stereocenters. The van der Waals surface area contributed by atoms with Crippen molar-refractivity contribution in [1.29, 1.82) is 0 Å². The molecule has 1 aromatic rings. The van der Waals surface area contributed by atoms with Crippen LogP contribution in [0.3, 0.4) is 0 Å². The fourth-order valence-corrected chi connectivity index (χ4v) is 3.33. The van der Waals surface area contributed by atoms with Crippen LogP contribution in [0.5, 0.6) is 0 Å². The normalized spacial score (nSPS) is 19.6. The van der Waals surface area contributed by atoms with E-state index in [1.807, 2.05) is 25.3 Å². The van der Waals surface area contributed by atoms with Crippen molar-refractivity contribution in [3.63, 3.8) is 0 Å². The van der Waals surface area contributed by atoms with Crippen LogP contribution in [0.4, 0.5) is 10.6 Å². The summed E-state index contributed by atoms with van der Waals surface area (Å²) in [6, 6.07) is 4.05. The first kappa shape index (κ1) is 17.9. The molecule has 0 bridgehead atoms. The molecule has 0 spiro atoms. The van der Waals surface area contributed by atoms with Crippen LogP contribution in [0, 0.1) is 0 Å². The Morgan fingerprint density at radius 1 is 1.24 bits per heavy atom. The number of ether oxygens (including phenoxy) is 1. The number of hydrogen-bond acceptors (Lipinski definition) is 5. The predicted octanol–water partition coefficient (Wildman–Crippen LogP) is 1.20. The molecule has 2 amide bonds. The number of anilines is 1. The molecule has 7 nitrogen and oxygen atoms in total. The van der Waals surface area contributed by atoms with Crippen LogP contribution in [0.2, 0.25) is 0 Å². The number of rotatable bonds is 6. The van der Waals surface area contributed by atoms with Crippen molar-refractivity contribution >= 4 is 11.8 Å². The van der Waals surface area contributed by atoms with Crippen molar-refractivity contribution in [3.8, 4) is 0 Å². The lowest BCUT2D eigenvalue weighted by atomic mass is 10.2. The van der Waals surface area contributed by atoms with Gasteiger partial charge in [0, 0.05) is 51.5 Å². The van der Waals surface area contributed by atoms with E-state index in [9.17, 15) is 4.79 Å². The molecule has 0 saturated carbocycles. The summed E-state index contributed by atoms with van der Waals surface area (Å²) in [6.07, 6.45) is 4.34. The Morgan fingerprint density at radius 3 is 2.68 bits per heavy atom. The second-order valence-corrected chi connectivity index (χ2v) is 6.86. The van der Waals surface area contributed by atoms with Crippen molar-refractivity contribution in [1.82, 2.24) is 20.5 Å². The SMILES string of the molecule is C[C@H](CN1CCOCC1)NC(=O)NCc1ccc(N2CCCC2)nc1. The molecule has 2 fully saturated rings. The van der Waals surface area contributed by atoms with E-state index in [-0.39, 0.29) is 12.1 Å². The average Bonchev–Trinajstić information content (AvgIpc) is 3.16. The van der Waals surface area contributed by atoms with Crippen molar-refractivity contribution in [2.24, 2.45) is 0 Å². The molecule has 0 unspecified atom stereocenters. The van der Waals surface area contributed by atoms with Gasteiger partial charge in [-0.05, 0) is 31.4 Å². The molecule has 0 radical (unpaired) electrons. The second kappa shape index (κ2) is 9.01. The molecule has 7 heteroatoms. The number of hydrogen-bond donors (Lipinski definition) is 2. The van der Waals surface area contributed by atoms with Crippen LogP contribution in [0.1, 0.15) is 25.3 Å². The molecule has 138 valence electrons. The van der Waals surface area contributed by atoms with Gasteiger partial charge in [-0.2, -0.15) is 0 Å². The third kappa shape index (κ3) is 5.57. The van der Waals surface area contributed by atoms with E-state index < -0.39 is 0 Å². The molecule has 3 rings (SSSR count). The molecule has 0 aliphatic carbocycles. The maximum Gasteiger partial charge on any atom is 0.315 e. The summed E-state index contributed by atoms with van der Waals surface area (Å²) in [5.41, 5.74) is 1.01. The number of carbonyl (C=O) groups excluding carboxylic acids is 1. The van der Waals surface area contributed by atoms with E-state index in [1.165, 1.54) is 12.8 Å². The minimum atomic E-state index is -0.135. The zero-order valence-electron chi connectivity index (χ0n) is 15.0. The average molecular weight is 347 g/mol. The molecule has 2 aliphatic heterocycles. The topological polar surface area (TPSA) is 69.7 Å². The summed E-state index contributed by atoms with van der Waals surface area (Å²) in [7, 11) is 0. The lowest BCUT2D eigenvalue weighted by Gasteiger charge is -2.29. The lowest BCUT2D eigenvalue weighted by Crippen LogP contribution is -2.48. The summed E-state index contributed by atoms with van der Waals surface area (Å²) in [4.78, 5) is 21.2. The van der Waals surface area contributed by atoms with Crippen LogP contribution in [-0.2, 0) is 11.3 Å². The number of amides is 2. The Morgan fingerprint density at radius 2 is 2.00 bits per heavy atom. The number of morpholine rings is 1. The van der Waals surface area contributed by atoms with Gasteiger partial charge in [-0.15, -0.1) is 0 Å². The summed E-state index contributed by atoms with van der Waals surface area (Å²) >= 11 is 0. The smallest absolute Gasteiger partial charge is 0.315 e. The fourth-order valence-electron chi connectivity index (χ4n) is 3.33. The fraction of sp³-hybridized carbons (Fsp3) is 0.667. The minimum absolute atomic E-state index is 0.105. The van der Waals surface area contributed by atoms with Crippen LogP contribution < -0.4 is 15.5 Å². The molecular formula is C18H29N5O2. The standard InChI is InChI=1S/C18H29N5O2/c1-15(14-22-8-10-25-11-9-22)21-18(24)20-13-16-4-5-17(19-12-16)23-6-2-3-7-23/h4-5,12,15H,2-3,6-11,13-14H2,1H3,(H2,20,21,24)/t15-/m1/s1. The molecule has 25 heavy (non-hydrogen) atoms. The highest BCUT2D eigenvalue weighted by Gasteiger charge is 2.15. The van der Waals surface area contributed by atoms with Gasteiger partial charge in [0.1, 0.15) is 5.82 Å². The van der Waals surface area contributed by atoms with Crippen LogP contribution in [0.15, 0.2) is 18.3 Å². The molecular weight excluding hydrogens is 318 g/mol. The monoisotopic (exact) mass is 347 g/mol. The van der Waals surface area contributed by atoms with Crippen LogP contribution >= 0.6 is 0 Å². The molecule has 3 heterocycles. The predicted molar refractivity (Wildman–Crippen MR) is 97.8 cm³/mol. The van der Waals surface area contributed by atoms with Gasteiger partial charge >= 0.3 is 6.03 Å². The summed E-state index contributed by atoms with van der Waals surface area (Å²) in [5, 5.41) is 5.90. The first-order chi connectivity index (χ1) is 12.2. The number of pyridine rings is 1. The zero-order valence-corrected chi connectivity index (χ0v) is 15.0. The minimum Gasteiger partial charge on any atom is -0.379 e. The van der Waals surface area contributed by atoms with Gasteiger partial charge in [-0.3, -0.25) is 4.90 Å². The van der Waals surface area contributed by atoms with Crippen molar-refractivity contribution in [3.05, 3.63) is 23.9 Å². The van der Waals surface area contributed by atoms with Gasteiger partial charge in [0.15, 0.2) is 0 Å². The summed E-state index contributed by atoms with van der Waals surface area (Å²) < 4.78 is 5.34. The van der Waals surface area contributed by atoms with E-state index >= 15 is 0 Å². The lowest BCUT2D eigenvalue weighted by molar-refractivity contribution is 0.0349. The van der Waals surface area contributed by atoms with Crippen molar-refractivity contribution < 1.29 is 9.53 Å². The molecule has 0 aromatic carbocycles. The molecule has 2 N–H and O–H groups in total. The maximum absolute atomic E-state index is 12.1. The number of nitrogens with zero attached hydrogens (tertiary/aromatic N) is 3. The Kier molecular flexibility index (Phi) is 6.47. The van der Waals surface area contributed by atoms with Gasteiger partial charge in [0.05, 0.1) is 13.2 Å². The van der Waals surface area contributed by atoms with Gasteiger partial charge in [0.2, 0.25) is 0 Å². The third-order valence-electron chi connectivity index (χ3n) is 4.71. The third-order valence-corrected chi connectivity index (χ3v) is 4.71. The molecule has 1 aromatic heterocycles. The Balaban J connectivity index is 1.37. The number of aromatic nitrogens is 1. The number of nitrogens with one attached hydrogen (secondary N) is 2. The highest BCUT2D eigenvalue weighted by atomic mass is 16.5. The van der Waals surface area contributed by atoms with Gasteiger partial charge in [-0.25, -0.2) is 9.78 Å². The van der Waals surface area contributed by atoms with Crippen molar-refractivity contribution in [2.75, 3.05) is 50.8 Å². The first-order valence-electron chi connectivity index (χ1n) is 9.25. The molecule has 2 saturated heterocycles. The van der Waals surface area contributed by atoms with E-state index in [4.69, 9.17) is 4.74 Å². The second-order valence-electron chi connectivity index (χ2n) is 6.86. The quantitative estimate of drug-likeness (QED) is 0.809. The largest absolute Gasteiger partial charge is 0.379 e. The van der Waals surface area contributed by atoms with Gasteiger partial charge in [0.25, 0.3) is 0 Å². The summed E-state index contributed by atoms with van der Waals surface area (Å²) in [5.74, 6) is 1.03. The van der Waals surface area contributed by atoms with Crippen LogP contribution in [0.25, 0.3) is 0 Å². The maximum atomic E-state index is 12.1. The zero-order chi connectivity index (χ0) is 17.5. The van der Waals surface area contributed by atoms with E-state index in [0.717, 1.165) is 57.3 Å². The van der Waals surface area contributed by atoms with Crippen LogP contribution in [-0.4, -0.2) is 67.9 Å². The highest BCUT2D eigenvalue weighted by Crippen LogP contribution is 2.17. The Labute approximate surface area is 149 Å². The van der Waals surface area contributed by atoms with E-state index in [0.29, 0.717) is 6.54 Å². The first-order valence-corrected chi connectivity index (χ1v) is 9.25. The Hall–Kier alpha value is -1.86. The highest BCUT2D eigenvalue weighted by molar-refractivity contribution is 5.74. The molecule has 2 aliphatic rings. The van der Waals surface area contributed by atoms with Gasteiger partial charge in [-0.1, -0.05) is 6.07 Å². The van der Waals surface area contributed by atoms with E-state index in [2.05, 4.69) is 25.4 Å². The number of carbonyl (C=O) groups is 1. The van der Waals surface area contributed by atoms with Gasteiger partial charge < -0.3 is 20.3 Å². The van der Waals surface area contributed by atoms with E-state index in [1.54, 1.807) is 0 Å². The Bertz CT molecular complexity index is 539. The number of urea groups is 1. The van der Waals surface area contributed by atoms with Crippen molar-refractivity contribution in [2.45, 2.75) is 32.4 Å². The summed E-state index contributed by atoms with van der Waals surface area (Å²) in [6.45, 7) is 8.97.